The lowest BCUT2D eigenvalue weighted by molar-refractivity contribution is 0.216. The van der Waals surface area contributed by atoms with Gasteiger partial charge in [0.25, 0.3) is 0 Å². The highest BCUT2D eigenvalue weighted by molar-refractivity contribution is 7.92. The molecule has 1 unspecified atom stereocenters. The zero-order valence-electron chi connectivity index (χ0n) is 19.2. The molecule has 0 fully saturated rings. The quantitative estimate of drug-likeness (QED) is 0.286. The largest absolute Gasteiger partial charge is 0.372 e. The summed E-state index contributed by atoms with van der Waals surface area (Å²) in [5.41, 5.74) is 0.648. The highest BCUT2D eigenvalue weighted by Crippen LogP contribution is 2.73. The molecule has 172 valence electrons. The van der Waals surface area contributed by atoms with Crippen molar-refractivity contribution in [2.24, 2.45) is 0 Å². The molecule has 1 atom stereocenters. The highest BCUT2D eigenvalue weighted by atomic mass is 31.2. The van der Waals surface area contributed by atoms with E-state index in [2.05, 4.69) is 0 Å². The van der Waals surface area contributed by atoms with Crippen molar-refractivity contribution in [3.05, 3.63) is 157 Å². The Morgan fingerprint density at radius 1 is 0.486 bits per heavy atom. The van der Waals surface area contributed by atoms with Crippen LogP contribution in [0.1, 0.15) is 5.56 Å². The molecule has 0 bridgehead atoms. The van der Waals surface area contributed by atoms with Gasteiger partial charge in [-0.1, -0.05) is 152 Å². The van der Waals surface area contributed by atoms with Crippen molar-refractivity contribution in [1.82, 2.24) is 0 Å². The second-order valence-corrected chi connectivity index (χ2v) is 13.9. The van der Waals surface area contributed by atoms with Gasteiger partial charge in [-0.3, -0.25) is 0 Å². The van der Waals surface area contributed by atoms with Crippen LogP contribution >= 0.6 is 15.1 Å². The Morgan fingerprint density at radius 3 is 1.17 bits per heavy atom. The van der Waals surface area contributed by atoms with Crippen LogP contribution in [0.5, 0.6) is 0 Å². The van der Waals surface area contributed by atoms with Crippen molar-refractivity contribution in [2.45, 2.75) is 5.08 Å². The topological polar surface area (TPSA) is 37.3 Å². The van der Waals surface area contributed by atoms with E-state index in [4.69, 9.17) is 0 Å². The van der Waals surface area contributed by atoms with Crippen LogP contribution in [0.15, 0.2) is 152 Å². The predicted octanol–water partition coefficient (Wildman–Crippen LogP) is 5.94. The first-order valence-corrected chi connectivity index (χ1v) is 14.6. The van der Waals surface area contributed by atoms with E-state index in [1.807, 2.05) is 152 Å². The molecule has 0 amide bonds. The molecule has 0 aliphatic heterocycles. The maximum absolute atomic E-state index is 15.8. The maximum atomic E-state index is 15.8. The maximum Gasteiger partial charge on any atom is 0.182 e. The number of hydrogen-bond donors (Lipinski definition) is 1. The molecule has 1 N–H and O–H groups in total. The van der Waals surface area contributed by atoms with Gasteiger partial charge in [-0.05, 0) is 16.2 Å². The third-order valence-corrected chi connectivity index (χ3v) is 13.3. The van der Waals surface area contributed by atoms with E-state index in [-0.39, 0.29) is 0 Å². The van der Waals surface area contributed by atoms with Gasteiger partial charge in [0.15, 0.2) is 12.2 Å². The summed E-state index contributed by atoms with van der Waals surface area (Å²) in [5, 5.41) is 14.7. The monoisotopic (exact) mass is 492 g/mol. The van der Waals surface area contributed by atoms with E-state index in [9.17, 15) is 5.11 Å². The normalized spacial score (nSPS) is 13.3. The number of benzene rings is 5. The fraction of sp³-hybridized carbons (Fsp3) is 0.0323. The molecule has 0 spiro atoms. The third kappa shape index (κ3) is 4.19. The Labute approximate surface area is 208 Å². The van der Waals surface area contributed by atoms with Crippen LogP contribution in [-0.2, 0) is 9.65 Å². The van der Waals surface area contributed by atoms with Gasteiger partial charge >= 0.3 is 0 Å². The van der Waals surface area contributed by atoms with E-state index in [1.165, 1.54) is 0 Å². The Kier molecular flexibility index (Phi) is 6.80. The standard InChI is InChI=1S/C31H26O2P2/c32-31(26-16-6-1-7-17-26,34(27-18-8-2-9-19-27)28-20-10-3-11-21-28)35(33,29-22-12-4-13-23-29)30-24-14-5-15-25-30/h1-25,32H. The average molecular weight is 492 g/mol. The summed E-state index contributed by atoms with van der Waals surface area (Å²) in [6.45, 7) is 0. The summed E-state index contributed by atoms with van der Waals surface area (Å²) in [7, 11) is -5.19. The summed E-state index contributed by atoms with van der Waals surface area (Å²) in [4.78, 5) is 0. The lowest BCUT2D eigenvalue weighted by atomic mass is 10.2. The van der Waals surface area contributed by atoms with Crippen LogP contribution in [0.4, 0.5) is 0 Å². The van der Waals surface area contributed by atoms with Crippen molar-refractivity contribution in [3.8, 4) is 0 Å². The first-order chi connectivity index (χ1) is 17.2. The van der Waals surface area contributed by atoms with Gasteiger partial charge in [-0.25, -0.2) is 0 Å². The van der Waals surface area contributed by atoms with Crippen LogP contribution in [0.3, 0.4) is 0 Å². The molecule has 0 radical (unpaired) electrons. The van der Waals surface area contributed by atoms with Gasteiger partial charge in [0.2, 0.25) is 0 Å². The molecule has 4 heteroatoms. The predicted molar refractivity (Wildman–Crippen MR) is 149 cm³/mol. The smallest absolute Gasteiger partial charge is 0.182 e. The van der Waals surface area contributed by atoms with Crippen molar-refractivity contribution in [2.75, 3.05) is 0 Å². The lowest BCUT2D eigenvalue weighted by Gasteiger charge is -2.43. The first-order valence-electron chi connectivity index (χ1n) is 11.6. The van der Waals surface area contributed by atoms with Crippen LogP contribution in [-0.4, -0.2) is 5.11 Å². The van der Waals surface area contributed by atoms with Gasteiger partial charge in [-0.2, -0.15) is 0 Å². The molecular formula is C31H26O2P2. The van der Waals surface area contributed by atoms with E-state index >= 15 is 4.57 Å². The molecule has 0 aromatic heterocycles. The minimum absolute atomic E-state index is 0.636. The Bertz CT molecular complexity index is 1330. The minimum atomic E-state index is -3.67. The minimum Gasteiger partial charge on any atom is -0.372 e. The fourth-order valence-corrected chi connectivity index (χ4v) is 12.2. The summed E-state index contributed by atoms with van der Waals surface area (Å²) >= 11 is 0. The molecule has 0 aliphatic carbocycles. The number of aliphatic hydroxyl groups is 1. The van der Waals surface area contributed by atoms with E-state index < -0.39 is 20.1 Å². The lowest BCUT2D eigenvalue weighted by Crippen LogP contribution is -2.39. The van der Waals surface area contributed by atoms with E-state index in [0.717, 1.165) is 10.6 Å². The highest BCUT2D eigenvalue weighted by Gasteiger charge is 2.56. The van der Waals surface area contributed by atoms with Crippen molar-refractivity contribution < 1.29 is 9.67 Å². The zero-order chi connectivity index (χ0) is 24.1. The molecule has 0 saturated carbocycles. The van der Waals surface area contributed by atoms with Gasteiger partial charge in [-0.15, -0.1) is 0 Å². The van der Waals surface area contributed by atoms with Gasteiger partial charge in [0.05, 0.1) is 0 Å². The van der Waals surface area contributed by atoms with Crippen molar-refractivity contribution in [1.29, 1.82) is 0 Å². The Morgan fingerprint density at radius 2 is 0.800 bits per heavy atom. The number of hydrogen-bond acceptors (Lipinski definition) is 2. The summed E-state index contributed by atoms with van der Waals surface area (Å²) in [6, 6.07) is 48.5. The second kappa shape index (κ2) is 10.1. The van der Waals surface area contributed by atoms with Crippen molar-refractivity contribution in [3.63, 3.8) is 0 Å². The Hall–Kier alpha value is -3.28. The van der Waals surface area contributed by atoms with Crippen LogP contribution in [0.2, 0.25) is 0 Å². The molecule has 5 aromatic rings. The molecule has 2 nitrogen and oxygen atoms in total. The second-order valence-electron chi connectivity index (χ2n) is 8.29. The average Bonchev–Trinajstić information content (AvgIpc) is 2.95. The Balaban J connectivity index is 1.92. The summed E-state index contributed by atoms with van der Waals surface area (Å²) in [5.74, 6) is 0. The van der Waals surface area contributed by atoms with Gasteiger partial charge in [0, 0.05) is 18.5 Å². The number of rotatable bonds is 7. The van der Waals surface area contributed by atoms with Crippen LogP contribution in [0.25, 0.3) is 0 Å². The van der Waals surface area contributed by atoms with Crippen molar-refractivity contribution >= 4 is 36.3 Å². The van der Waals surface area contributed by atoms with Gasteiger partial charge < -0.3 is 9.67 Å². The fourth-order valence-electron chi connectivity index (χ4n) is 4.56. The molecule has 35 heavy (non-hydrogen) atoms. The van der Waals surface area contributed by atoms with Crippen LogP contribution in [0, 0.1) is 0 Å². The molecule has 0 saturated heterocycles. The van der Waals surface area contributed by atoms with Gasteiger partial charge in [0.1, 0.15) is 0 Å². The van der Waals surface area contributed by atoms with E-state index in [0.29, 0.717) is 16.2 Å². The summed E-state index contributed by atoms with van der Waals surface area (Å²) in [6.07, 6.45) is 0. The SMILES string of the molecule is O=P(c1ccccc1)(c1ccccc1)C(O)(c1ccccc1)P(c1ccccc1)c1ccccc1. The molecule has 5 rings (SSSR count). The summed E-state index contributed by atoms with van der Waals surface area (Å²) < 4.78 is 15.8. The third-order valence-electron chi connectivity index (χ3n) is 6.18. The zero-order valence-corrected chi connectivity index (χ0v) is 21.0. The molecule has 0 aliphatic rings. The van der Waals surface area contributed by atoms with Crippen LogP contribution < -0.4 is 21.2 Å². The van der Waals surface area contributed by atoms with E-state index in [1.54, 1.807) is 0 Å². The molecule has 0 heterocycles. The molecular weight excluding hydrogens is 466 g/mol. The first kappa shape index (κ1) is 23.5. The molecule has 5 aromatic carbocycles.